The Hall–Kier alpha value is -0.710. The maximum absolute atomic E-state index is 11.7. The summed E-state index contributed by atoms with van der Waals surface area (Å²) in [5.41, 5.74) is -0.803. The van der Waals surface area contributed by atoms with Crippen LogP contribution in [-0.2, 0) is 4.79 Å². The number of hydrogen-bond donors (Lipinski definition) is 2. The molecule has 1 unspecified atom stereocenters. The van der Waals surface area contributed by atoms with Crippen molar-refractivity contribution in [1.82, 2.24) is 5.32 Å². The monoisotopic (exact) mass is 329 g/mol. The van der Waals surface area contributed by atoms with Gasteiger partial charge in [-0.05, 0) is 49.8 Å². The van der Waals surface area contributed by atoms with Gasteiger partial charge in [-0.1, -0.05) is 24.9 Å². The van der Waals surface area contributed by atoms with E-state index >= 15 is 0 Å². The predicted molar refractivity (Wildman–Crippen MR) is 90.0 cm³/mol. The molecule has 2 N–H and O–H groups in total. The molecular formula is C16H24ClNO2S. The second-order valence-corrected chi connectivity index (χ2v) is 7.03. The molecule has 0 saturated heterocycles. The van der Waals surface area contributed by atoms with Crippen molar-refractivity contribution in [3.63, 3.8) is 0 Å². The van der Waals surface area contributed by atoms with E-state index < -0.39 is 5.60 Å². The van der Waals surface area contributed by atoms with Crippen molar-refractivity contribution in [2.45, 2.75) is 50.0 Å². The van der Waals surface area contributed by atoms with Gasteiger partial charge in [0.25, 0.3) is 0 Å². The molecule has 0 radical (unpaired) electrons. The third-order valence-corrected chi connectivity index (χ3v) is 4.44. The number of amides is 1. The molecule has 21 heavy (non-hydrogen) atoms. The standard InChI is InChI=1S/C16H24ClNO2S/c1-3-10-16(2,20)12-18-15(19)5-4-11-21-14-8-6-13(17)7-9-14/h6-9,20H,3-5,10-12H2,1-2H3,(H,18,19). The highest BCUT2D eigenvalue weighted by atomic mass is 35.5. The highest BCUT2D eigenvalue weighted by Gasteiger charge is 2.19. The van der Waals surface area contributed by atoms with Gasteiger partial charge in [-0.25, -0.2) is 0 Å². The molecule has 1 amide bonds. The Morgan fingerprint density at radius 1 is 1.38 bits per heavy atom. The van der Waals surface area contributed by atoms with Crippen molar-refractivity contribution in [1.29, 1.82) is 0 Å². The lowest BCUT2D eigenvalue weighted by molar-refractivity contribution is -0.122. The summed E-state index contributed by atoms with van der Waals surface area (Å²) in [4.78, 5) is 12.9. The van der Waals surface area contributed by atoms with Crippen LogP contribution in [0.5, 0.6) is 0 Å². The Balaban J connectivity index is 2.15. The minimum atomic E-state index is -0.803. The normalized spacial score (nSPS) is 13.7. The number of halogens is 1. The molecule has 0 aromatic heterocycles. The summed E-state index contributed by atoms with van der Waals surface area (Å²) >= 11 is 7.54. The highest BCUT2D eigenvalue weighted by molar-refractivity contribution is 7.99. The molecule has 0 heterocycles. The molecule has 1 atom stereocenters. The van der Waals surface area contributed by atoms with Gasteiger partial charge in [0, 0.05) is 22.9 Å². The molecule has 0 fully saturated rings. The van der Waals surface area contributed by atoms with E-state index in [2.05, 4.69) is 5.32 Å². The second kappa shape index (κ2) is 9.34. The van der Waals surface area contributed by atoms with Gasteiger partial charge < -0.3 is 10.4 Å². The number of aliphatic hydroxyl groups is 1. The van der Waals surface area contributed by atoms with Crippen molar-refractivity contribution >= 4 is 29.3 Å². The molecule has 1 aromatic carbocycles. The minimum Gasteiger partial charge on any atom is -0.388 e. The van der Waals surface area contributed by atoms with Gasteiger partial charge in [-0.2, -0.15) is 0 Å². The molecule has 0 bridgehead atoms. The average molecular weight is 330 g/mol. The van der Waals surface area contributed by atoms with Crippen LogP contribution in [0.3, 0.4) is 0 Å². The summed E-state index contributed by atoms with van der Waals surface area (Å²) in [6, 6.07) is 7.70. The SMILES string of the molecule is CCCC(C)(O)CNC(=O)CCCSc1ccc(Cl)cc1. The third-order valence-electron chi connectivity index (χ3n) is 3.09. The van der Waals surface area contributed by atoms with Gasteiger partial charge in [0.1, 0.15) is 0 Å². The first-order chi connectivity index (χ1) is 9.93. The molecule has 3 nitrogen and oxygen atoms in total. The largest absolute Gasteiger partial charge is 0.388 e. The summed E-state index contributed by atoms with van der Waals surface area (Å²) in [5, 5.41) is 13.5. The summed E-state index contributed by atoms with van der Waals surface area (Å²) in [7, 11) is 0. The Labute approximate surface area is 136 Å². The van der Waals surface area contributed by atoms with E-state index in [1.807, 2.05) is 31.2 Å². The Morgan fingerprint density at radius 3 is 2.67 bits per heavy atom. The Bertz CT molecular complexity index is 434. The van der Waals surface area contributed by atoms with Crippen LogP contribution in [0.25, 0.3) is 0 Å². The molecule has 0 aliphatic heterocycles. The van der Waals surface area contributed by atoms with E-state index in [1.165, 1.54) is 0 Å². The van der Waals surface area contributed by atoms with Crippen LogP contribution in [0.4, 0.5) is 0 Å². The van der Waals surface area contributed by atoms with Crippen LogP contribution in [-0.4, -0.2) is 28.9 Å². The predicted octanol–water partition coefficient (Wildman–Crippen LogP) is 3.88. The average Bonchev–Trinajstić information content (AvgIpc) is 2.43. The summed E-state index contributed by atoms with van der Waals surface area (Å²) in [6.45, 7) is 4.10. The molecule has 5 heteroatoms. The number of nitrogens with one attached hydrogen (secondary N) is 1. The first-order valence-electron chi connectivity index (χ1n) is 7.30. The van der Waals surface area contributed by atoms with E-state index in [0.29, 0.717) is 19.4 Å². The van der Waals surface area contributed by atoms with E-state index in [1.54, 1.807) is 18.7 Å². The second-order valence-electron chi connectivity index (χ2n) is 5.43. The van der Waals surface area contributed by atoms with Crippen molar-refractivity contribution in [3.8, 4) is 0 Å². The van der Waals surface area contributed by atoms with Crippen LogP contribution in [0.15, 0.2) is 29.2 Å². The van der Waals surface area contributed by atoms with Crippen LogP contribution < -0.4 is 5.32 Å². The maximum atomic E-state index is 11.7. The lowest BCUT2D eigenvalue weighted by Gasteiger charge is -2.22. The smallest absolute Gasteiger partial charge is 0.220 e. The topological polar surface area (TPSA) is 49.3 Å². The molecule has 0 aliphatic rings. The van der Waals surface area contributed by atoms with E-state index in [0.717, 1.165) is 28.5 Å². The number of benzene rings is 1. The van der Waals surface area contributed by atoms with Crippen molar-refractivity contribution in [3.05, 3.63) is 29.3 Å². The zero-order valence-electron chi connectivity index (χ0n) is 12.7. The molecule has 0 aliphatic carbocycles. The van der Waals surface area contributed by atoms with Crippen molar-refractivity contribution < 1.29 is 9.90 Å². The summed E-state index contributed by atoms with van der Waals surface area (Å²) in [5.74, 6) is 0.892. The van der Waals surface area contributed by atoms with Crippen LogP contribution >= 0.6 is 23.4 Å². The number of thioether (sulfide) groups is 1. The molecule has 0 spiro atoms. The van der Waals surface area contributed by atoms with Gasteiger partial charge in [0.05, 0.1) is 5.60 Å². The van der Waals surface area contributed by atoms with Crippen LogP contribution in [0.2, 0.25) is 5.02 Å². The van der Waals surface area contributed by atoms with E-state index in [4.69, 9.17) is 11.6 Å². The van der Waals surface area contributed by atoms with Crippen LogP contribution in [0.1, 0.15) is 39.5 Å². The number of carbonyl (C=O) groups excluding carboxylic acids is 1. The third kappa shape index (κ3) is 8.34. The fourth-order valence-corrected chi connectivity index (χ4v) is 2.94. The van der Waals surface area contributed by atoms with Crippen molar-refractivity contribution in [2.24, 2.45) is 0 Å². The lowest BCUT2D eigenvalue weighted by Crippen LogP contribution is -2.40. The first kappa shape index (κ1) is 18.3. The minimum absolute atomic E-state index is 0.00286. The summed E-state index contributed by atoms with van der Waals surface area (Å²) < 4.78 is 0. The number of rotatable bonds is 9. The zero-order valence-corrected chi connectivity index (χ0v) is 14.3. The molecule has 0 saturated carbocycles. The highest BCUT2D eigenvalue weighted by Crippen LogP contribution is 2.21. The van der Waals surface area contributed by atoms with Gasteiger partial charge in [-0.15, -0.1) is 11.8 Å². The summed E-state index contributed by atoms with van der Waals surface area (Å²) in [6.07, 6.45) is 2.90. The first-order valence-corrected chi connectivity index (χ1v) is 8.67. The van der Waals surface area contributed by atoms with E-state index in [9.17, 15) is 9.90 Å². The van der Waals surface area contributed by atoms with Crippen molar-refractivity contribution in [2.75, 3.05) is 12.3 Å². The Morgan fingerprint density at radius 2 is 2.05 bits per heavy atom. The number of carbonyl (C=O) groups is 1. The zero-order chi connectivity index (χ0) is 15.7. The molecule has 1 rings (SSSR count). The number of hydrogen-bond acceptors (Lipinski definition) is 3. The molecule has 118 valence electrons. The lowest BCUT2D eigenvalue weighted by atomic mass is 10.0. The fraction of sp³-hybridized carbons (Fsp3) is 0.562. The fourth-order valence-electron chi connectivity index (χ4n) is 1.96. The van der Waals surface area contributed by atoms with Gasteiger partial charge >= 0.3 is 0 Å². The quantitative estimate of drug-likeness (QED) is 0.534. The molecule has 1 aromatic rings. The van der Waals surface area contributed by atoms with Gasteiger partial charge in [0.15, 0.2) is 0 Å². The maximum Gasteiger partial charge on any atom is 0.220 e. The van der Waals surface area contributed by atoms with Gasteiger partial charge in [-0.3, -0.25) is 4.79 Å². The molecular weight excluding hydrogens is 306 g/mol. The van der Waals surface area contributed by atoms with E-state index in [-0.39, 0.29) is 5.91 Å². The van der Waals surface area contributed by atoms with Gasteiger partial charge in [0.2, 0.25) is 5.91 Å². The Kier molecular flexibility index (Phi) is 8.15. The van der Waals surface area contributed by atoms with Crippen LogP contribution in [0, 0.1) is 0 Å².